The number of hydrogen-bond donors (Lipinski definition) is 1. The van der Waals surface area contributed by atoms with Crippen LogP contribution < -0.4 is 15.2 Å². The predicted octanol–water partition coefficient (Wildman–Crippen LogP) is 1.90. The van der Waals surface area contributed by atoms with Gasteiger partial charge >= 0.3 is 0 Å². The van der Waals surface area contributed by atoms with Crippen molar-refractivity contribution in [2.75, 3.05) is 14.2 Å². The second kappa shape index (κ2) is 5.03. The van der Waals surface area contributed by atoms with Gasteiger partial charge in [0, 0.05) is 6.04 Å². The van der Waals surface area contributed by atoms with Crippen LogP contribution in [0.1, 0.15) is 18.1 Å². The predicted molar refractivity (Wildman–Crippen MR) is 61.6 cm³/mol. The summed E-state index contributed by atoms with van der Waals surface area (Å²) in [6, 6.07) is 4.10. The van der Waals surface area contributed by atoms with Gasteiger partial charge in [-0.25, -0.2) is 0 Å². The fourth-order valence-corrected chi connectivity index (χ4v) is 1.62. The number of rotatable bonds is 4. The molecule has 2 N–H and O–H groups in total. The number of methoxy groups -OCH3 is 2. The zero-order valence-corrected chi connectivity index (χ0v) is 9.83. The highest BCUT2D eigenvalue weighted by Crippen LogP contribution is 2.28. The maximum Gasteiger partial charge on any atom is 0.122 e. The van der Waals surface area contributed by atoms with Crippen molar-refractivity contribution >= 4 is 0 Å². The summed E-state index contributed by atoms with van der Waals surface area (Å²) in [5, 5.41) is 0. The van der Waals surface area contributed by atoms with Crippen LogP contribution in [0.2, 0.25) is 0 Å². The Morgan fingerprint density at radius 2 is 1.80 bits per heavy atom. The highest BCUT2D eigenvalue weighted by molar-refractivity contribution is 5.46. The van der Waals surface area contributed by atoms with Crippen molar-refractivity contribution in [1.29, 1.82) is 0 Å². The topological polar surface area (TPSA) is 44.5 Å². The Morgan fingerprint density at radius 1 is 1.20 bits per heavy atom. The lowest BCUT2D eigenvalue weighted by Crippen LogP contribution is -2.18. The molecular weight excluding hydrogens is 190 g/mol. The van der Waals surface area contributed by atoms with Crippen molar-refractivity contribution in [2.45, 2.75) is 26.3 Å². The van der Waals surface area contributed by atoms with Gasteiger partial charge in [-0.1, -0.05) is 0 Å². The lowest BCUT2D eigenvalue weighted by atomic mass is 10.0. The van der Waals surface area contributed by atoms with Crippen molar-refractivity contribution in [3.8, 4) is 11.5 Å². The summed E-state index contributed by atoms with van der Waals surface area (Å²) in [6.07, 6.45) is 0.791. The molecule has 15 heavy (non-hydrogen) atoms. The van der Waals surface area contributed by atoms with E-state index in [1.54, 1.807) is 14.2 Å². The SMILES string of the molecule is COc1cc(C[C@@H](C)N)c(OC)cc1C. The Hall–Kier alpha value is -1.22. The van der Waals surface area contributed by atoms with Gasteiger partial charge in [0.25, 0.3) is 0 Å². The summed E-state index contributed by atoms with van der Waals surface area (Å²) >= 11 is 0. The highest BCUT2D eigenvalue weighted by atomic mass is 16.5. The van der Waals surface area contributed by atoms with Gasteiger partial charge in [-0.05, 0) is 43.5 Å². The molecule has 1 rings (SSSR count). The van der Waals surface area contributed by atoms with Crippen LogP contribution in [0.15, 0.2) is 12.1 Å². The normalized spacial score (nSPS) is 12.3. The minimum absolute atomic E-state index is 0.117. The molecule has 0 radical (unpaired) electrons. The first-order valence-electron chi connectivity index (χ1n) is 5.05. The van der Waals surface area contributed by atoms with Crippen LogP contribution >= 0.6 is 0 Å². The lowest BCUT2D eigenvalue weighted by molar-refractivity contribution is 0.395. The summed E-state index contributed by atoms with van der Waals surface area (Å²) in [6.45, 7) is 3.97. The maximum absolute atomic E-state index is 5.78. The monoisotopic (exact) mass is 209 g/mol. The first-order valence-corrected chi connectivity index (χ1v) is 5.05. The minimum Gasteiger partial charge on any atom is -0.496 e. The number of nitrogens with two attached hydrogens (primary N) is 1. The Labute approximate surface area is 91.2 Å². The largest absolute Gasteiger partial charge is 0.496 e. The first-order chi connectivity index (χ1) is 7.08. The molecule has 3 heteroatoms. The van der Waals surface area contributed by atoms with E-state index in [2.05, 4.69) is 0 Å². The number of benzene rings is 1. The molecular formula is C12H19NO2. The average Bonchev–Trinajstić information content (AvgIpc) is 2.19. The summed E-state index contributed by atoms with van der Waals surface area (Å²) in [4.78, 5) is 0. The Kier molecular flexibility index (Phi) is 3.97. The molecule has 0 saturated carbocycles. The average molecular weight is 209 g/mol. The van der Waals surface area contributed by atoms with Gasteiger partial charge in [0.15, 0.2) is 0 Å². The molecule has 1 aromatic rings. The zero-order chi connectivity index (χ0) is 11.4. The van der Waals surface area contributed by atoms with Gasteiger partial charge in [-0.3, -0.25) is 0 Å². The number of hydrogen-bond acceptors (Lipinski definition) is 3. The van der Waals surface area contributed by atoms with Gasteiger partial charge in [-0.2, -0.15) is 0 Å². The molecule has 1 atom stereocenters. The van der Waals surface area contributed by atoms with Crippen LogP contribution in [-0.4, -0.2) is 20.3 Å². The molecule has 0 aliphatic rings. The standard InChI is InChI=1S/C12H19NO2/c1-8-5-12(15-4)10(6-9(2)13)7-11(8)14-3/h5,7,9H,6,13H2,1-4H3/t9-/m1/s1. The molecule has 0 aliphatic heterocycles. The van der Waals surface area contributed by atoms with Crippen LogP contribution in [0.25, 0.3) is 0 Å². The molecule has 0 spiro atoms. The van der Waals surface area contributed by atoms with E-state index in [0.717, 1.165) is 29.0 Å². The second-order valence-electron chi connectivity index (χ2n) is 3.82. The van der Waals surface area contributed by atoms with Crippen molar-refractivity contribution in [2.24, 2.45) is 5.73 Å². The highest BCUT2D eigenvalue weighted by Gasteiger charge is 2.09. The van der Waals surface area contributed by atoms with Crippen LogP contribution in [0.4, 0.5) is 0 Å². The molecule has 0 aromatic heterocycles. The third kappa shape index (κ3) is 2.86. The van der Waals surface area contributed by atoms with E-state index in [9.17, 15) is 0 Å². The minimum atomic E-state index is 0.117. The molecule has 0 fully saturated rings. The second-order valence-corrected chi connectivity index (χ2v) is 3.82. The molecule has 0 unspecified atom stereocenters. The fourth-order valence-electron chi connectivity index (χ4n) is 1.62. The molecule has 0 aliphatic carbocycles. The molecule has 1 aromatic carbocycles. The van der Waals surface area contributed by atoms with E-state index in [1.807, 2.05) is 26.0 Å². The fraction of sp³-hybridized carbons (Fsp3) is 0.500. The van der Waals surface area contributed by atoms with Gasteiger partial charge in [-0.15, -0.1) is 0 Å². The Balaban J connectivity index is 3.10. The van der Waals surface area contributed by atoms with Crippen molar-refractivity contribution in [1.82, 2.24) is 0 Å². The molecule has 0 saturated heterocycles. The van der Waals surface area contributed by atoms with Crippen LogP contribution in [0.5, 0.6) is 11.5 Å². The van der Waals surface area contributed by atoms with Gasteiger partial charge in [0.2, 0.25) is 0 Å². The Bertz CT molecular complexity index is 335. The van der Waals surface area contributed by atoms with Crippen molar-refractivity contribution < 1.29 is 9.47 Å². The number of aryl methyl sites for hydroxylation is 1. The van der Waals surface area contributed by atoms with E-state index >= 15 is 0 Å². The maximum atomic E-state index is 5.78. The van der Waals surface area contributed by atoms with Gasteiger partial charge in [0.05, 0.1) is 14.2 Å². The van der Waals surface area contributed by atoms with E-state index in [1.165, 1.54) is 0 Å². The van der Waals surface area contributed by atoms with Gasteiger partial charge < -0.3 is 15.2 Å². The smallest absolute Gasteiger partial charge is 0.122 e. The van der Waals surface area contributed by atoms with E-state index in [4.69, 9.17) is 15.2 Å². The zero-order valence-electron chi connectivity index (χ0n) is 9.83. The van der Waals surface area contributed by atoms with E-state index in [-0.39, 0.29) is 6.04 Å². The van der Waals surface area contributed by atoms with Crippen LogP contribution in [0.3, 0.4) is 0 Å². The molecule has 3 nitrogen and oxygen atoms in total. The first kappa shape index (κ1) is 11.9. The van der Waals surface area contributed by atoms with Crippen LogP contribution in [-0.2, 0) is 6.42 Å². The summed E-state index contributed by atoms with van der Waals surface area (Å²) in [7, 11) is 3.34. The van der Waals surface area contributed by atoms with E-state index < -0.39 is 0 Å². The van der Waals surface area contributed by atoms with Crippen LogP contribution in [0, 0.1) is 6.92 Å². The number of ether oxygens (including phenoxy) is 2. The molecule has 0 amide bonds. The summed E-state index contributed by atoms with van der Waals surface area (Å²) in [5.41, 5.74) is 7.95. The van der Waals surface area contributed by atoms with Crippen molar-refractivity contribution in [3.63, 3.8) is 0 Å². The third-order valence-corrected chi connectivity index (χ3v) is 2.34. The van der Waals surface area contributed by atoms with Gasteiger partial charge in [0.1, 0.15) is 11.5 Å². The summed E-state index contributed by atoms with van der Waals surface area (Å²) in [5.74, 6) is 1.76. The quantitative estimate of drug-likeness (QED) is 0.823. The lowest BCUT2D eigenvalue weighted by Gasteiger charge is -2.14. The van der Waals surface area contributed by atoms with Crippen molar-refractivity contribution in [3.05, 3.63) is 23.3 Å². The molecule has 0 heterocycles. The molecule has 84 valence electrons. The third-order valence-electron chi connectivity index (χ3n) is 2.34. The van der Waals surface area contributed by atoms with E-state index in [0.29, 0.717) is 0 Å². The Morgan fingerprint density at radius 3 is 2.27 bits per heavy atom. The molecule has 0 bridgehead atoms. The summed E-state index contributed by atoms with van der Waals surface area (Å²) < 4.78 is 10.6.